The Kier molecular flexibility index (Phi) is 3.30. The average Bonchev–Trinajstić information content (AvgIpc) is 2.96. The van der Waals surface area contributed by atoms with Gasteiger partial charge in [-0.25, -0.2) is 0 Å². The van der Waals surface area contributed by atoms with Crippen molar-refractivity contribution in [1.29, 1.82) is 5.26 Å². The van der Waals surface area contributed by atoms with E-state index in [4.69, 9.17) is 5.26 Å². The van der Waals surface area contributed by atoms with Gasteiger partial charge in [0.15, 0.2) is 0 Å². The highest BCUT2D eigenvalue weighted by Gasteiger charge is 2.39. The Morgan fingerprint density at radius 3 is 2.62 bits per heavy atom. The molecule has 0 amide bonds. The third kappa shape index (κ3) is 2.21. The van der Waals surface area contributed by atoms with Gasteiger partial charge in [0.05, 0.1) is 13.2 Å². The Hall–Kier alpha value is -1.04. The molecule has 1 aliphatic rings. The second-order valence-electron chi connectivity index (χ2n) is 3.54. The molecule has 0 radical (unpaired) electrons. The summed E-state index contributed by atoms with van der Waals surface area (Å²) in [6.07, 6.45) is 3.21. The number of hydrogen-bond acceptors (Lipinski definition) is 3. The summed E-state index contributed by atoms with van der Waals surface area (Å²) in [7, 11) is 1.34. The molecule has 1 aliphatic carbocycles. The minimum absolute atomic E-state index is 0.206. The maximum Gasteiger partial charge on any atom is 0.323 e. The van der Waals surface area contributed by atoms with Crippen molar-refractivity contribution in [2.45, 2.75) is 26.2 Å². The number of nitrogens with zero attached hydrogens (tertiary/aromatic N) is 1. The molecular formula is C10H15NO2. The number of rotatable bonds is 4. The van der Waals surface area contributed by atoms with Crippen LogP contribution in [-0.2, 0) is 9.53 Å². The number of methoxy groups -OCH3 is 1. The lowest BCUT2D eigenvalue weighted by Gasteiger charge is -2.17. The highest BCUT2D eigenvalue weighted by atomic mass is 16.5. The van der Waals surface area contributed by atoms with E-state index < -0.39 is 5.92 Å². The molecule has 0 aromatic heterocycles. The zero-order valence-corrected chi connectivity index (χ0v) is 8.12. The van der Waals surface area contributed by atoms with Crippen molar-refractivity contribution in [3.8, 4) is 6.07 Å². The third-order valence-corrected chi connectivity index (χ3v) is 2.72. The normalized spacial score (nSPS) is 20.1. The first-order chi connectivity index (χ1) is 6.24. The van der Waals surface area contributed by atoms with Crippen LogP contribution in [0.15, 0.2) is 0 Å². The van der Waals surface area contributed by atoms with Crippen LogP contribution in [0.5, 0.6) is 0 Å². The monoisotopic (exact) mass is 181 g/mol. The molecule has 3 heteroatoms. The number of esters is 1. The number of carbonyl (C=O) groups is 1. The Morgan fingerprint density at radius 2 is 2.31 bits per heavy atom. The zero-order valence-electron chi connectivity index (χ0n) is 8.12. The van der Waals surface area contributed by atoms with Gasteiger partial charge in [0.2, 0.25) is 0 Å². The van der Waals surface area contributed by atoms with Gasteiger partial charge in [0, 0.05) is 0 Å². The second kappa shape index (κ2) is 4.27. The first-order valence-corrected chi connectivity index (χ1v) is 4.72. The van der Waals surface area contributed by atoms with Gasteiger partial charge < -0.3 is 4.74 Å². The zero-order chi connectivity index (χ0) is 9.84. The van der Waals surface area contributed by atoms with Crippen LogP contribution in [-0.4, -0.2) is 13.1 Å². The summed E-state index contributed by atoms with van der Waals surface area (Å²) in [5.74, 6) is -0.144. The van der Waals surface area contributed by atoms with Crippen LogP contribution in [0.3, 0.4) is 0 Å². The number of ether oxygens (including phenoxy) is 1. The predicted octanol–water partition coefficient (Wildman–Crippen LogP) is 1.74. The van der Waals surface area contributed by atoms with E-state index in [1.807, 2.05) is 6.92 Å². The average molecular weight is 181 g/mol. The summed E-state index contributed by atoms with van der Waals surface area (Å²) in [5.41, 5.74) is 0. The highest BCUT2D eigenvalue weighted by Crippen LogP contribution is 2.42. The fraction of sp³-hybridized carbons (Fsp3) is 0.800. The van der Waals surface area contributed by atoms with Gasteiger partial charge in [0.1, 0.15) is 5.92 Å². The minimum Gasteiger partial charge on any atom is -0.468 e. The van der Waals surface area contributed by atoms with Crippen LogP contribution in [0.2, 0.25) is 0 Å². The van der Waals surface area contributed by atoms with Crippen molar-refractivity contribution in [2.75, 3.05) is 7.11 Å². The van der Waals surface area contributed by atoms with Crippen molar-refractivity contribution in [1.82, 2.24) is 0 Å². The van der Waals surface area contributed by atoms with Gasteiger partial charge in [-0.1, -0.05) is 13.3 Å². The van der Waals surface area contributed by atoms with Gasteiger partial charge in [-0.15, -0.1) is 0 Å². The van der Waals surface area contributed by atoms with Crippen molar-refractivity contribution in [3.63, 3.8) is 0 Å². The van der Waals surface area contributed by atoms with Gasteiger partial charge >= 0.3 is 5.97 Å². The van der Waals surface area contributed by atoms with E-state index in [2.05, 4.69) is 10.8 Å². The molecule has 2 unspecified atom stereocenters. The molecule has 0 bridgehead atoms. The molecule has 0 aromatic rings. The first-order valence-electron chi connectivity index (χ1n) is 4.72. The van der Waals surface area contributed by atoms with E-state index in [1.54, 1.807) is 0 Å². The van der Waals surface area contributed by atoms with Crippen LogP contribution in [0.4, 0.5) is 0 Å². The fourth-order valence-electron chi connectivity index (χ4n) is 1.82. The molecule has 13 heavy (non-hydrogen) atoms. The molecule has 1 saturated carbocycles. The maximum absolute atomic E-state index is 11.2. The fourth-order valence-corrected chi connectivity index (χ4v) is 1.82. The van der Waals surface area contributed by atoms with Gasteiger partial charge in [-0.3, -0.25) is 4.79 Å². The molecule has 2 atom stereocenters. The van der Waals surface area contributed by atoms with Crippen LogP contribution >= 0.6 is 0 Å². The molecule has 0 aromatic carbocycles. The smallest absolute Gasteiger partial charge is 0.323 e. The van der Waals surface area contributed by atoms with E-state index in [0.717, 1.165) is 19.3 Å². The van der Waals surface area contributed by atoms with Gasteiger partial charge in [0.25, 0.3) is 0 Å². The van der Waals surface area contributed by atoms with Crippen molar-refractivity contribution < 1.29 is 9.53 Å². The Bertz CT molecular complexity index is 228. The molecule has 0 aliphatic heterocycles. The third-order valence-electron chi connectivity index (χ3n) is 2.72. The van der Waals surface area contributed by atoms with Crippen LogP contribution in [0.25, 0.3) is 0 Å². The summed E-state index contributed by atoms with van der Waals surface area (Å²) < 4.78 is 4.60. The summed E-state index contributed by atoms with van der Waals surface area (Å²) in [5, 5.41) is 8.85. The van der Waals surface area contributed by atoms with Crippen molar-refractivity contribution >= 4 is 5.97 Å². The number of nitriles is 1. The van der Waals surface area contributed by atoms with E-state index in [1.165, 1.54) is 7.11 Å². The van der Waals surface area contributed by atoms with E-state index in [-0.39, 0.29) is 11.9 Å². The molecule has 72 valence electrons. The second-order valence-corrected chi connectivity index (χ2v) is 3.54. The van der Waals surface area contributed by atoms with Crippen LogP contribution in [0, 0.1) is 29.1 Å². The highest BCUT2D eigenvalue weighted by molar-refractivity contribution is 5.75. The molecule has 0 spiro atoms. The number of hydrogen-bond donors (Lipinski definition) is 0. The molecule has 0 saturated heterocycles. The van der Waals surface area contributed by atoms with E-state index >= 15 is 0 Å². The van der Waals surface area contributed by atoms with E-state index in [0.29, 0.717) is 5.92 Å². The molecule has 3 nitrogen and oxygen atoms in total. The van der Waals surface area contributed by atoms with Crippen molar-refractivity contribution in [2.24, 2.45) is 17.8 Å². The lowest BCUT2D eigenvalue weighted by atomic mass is 9.87. The molecule has 1 rings (SSSR count). The minimum atomic E-state index is -0.553. The molecule has 0 heterocycles. The summed E-state index contributed by atoms with van der Waals surface area (Å²) in [4.78, 5) is 11.2. The Morgan fingerprint density at radius 1 is 1.69 bits per heavy atom. The van der Waals surface area contributed by atoms with Gasteiger partial charge in [-0.2, -0.15) is 5.26 Å². The Labute approximate surface area is 78.7 Å². The summed E-state index contributed by atoms with van der Waals surface area (Å²) in [6, 6.07) is 2.05. The quantitative estimate of drug-likeness (QED) is 0.620. The summed E-state index contributed by atoms with van der Waals surface area (Å²) >= 11 is 0. The molecule has 1 fully saturated rings. The van der Waals surface area contributed by atoms with Gasteiger partial charge in [-0.05, 0) is 24.7 Å². The lowest BCUT2D eigenvalue weighted by molar-refractivity contribution is -0.145. The Balaban J connectivity index is 2.62. The molecule has 0 N–H and O–H groups in total. The summed E-state index contributed by atoms with van der Waals surface area (Å²) in [6.45, 7) is 2.02. The number of carbonyl (C=O) groups excluding carboxylic acids is 1. The lowest BCUT2D eigenvalue weighted by Crippen LogP contribution is -2.24. The van der Waals surface area contributed by atoms with E-state index in [9.17, 15) is 4.79 Å². The maximum atomic E-state index is 11.2. The van der Waals surface area contributed by atoms with Crippen LogP contribution in [0.1, 0.15) is 26.2 Å². The van der Waals surface area contributed by atoms with Crippen LogP contribution < -0.4 is 0 Å². The van der Waals surface area contributed by atoms with Crippen molar-refractivity contribution in [3.05, 3.63) is 0 Å². The predicted molar refractivity (Wildman–Crippen MR) is 47.6 cm³/mol. The molecular weight excluding hydrogens is 166 g/mol. The SMILES string of the molecule is CCC(C1CC1)C(C#N)C(=O)OC. The first kappa shape index (κ1) is 10.0. The standard InChI is InChI=1S/C10H15NO2/c1-3-8(7-4-5-7)9(6-11)10(12)13-2/h7-9H,3-5H2,1-2H3. The topological polar surface area (TPSA) is 50.1 Å². The largest absolute Gasteiger partial charge is 0.468 e.